The lowest BCUT2D eigenvalue weighted by Crippen LogP contribution is -2.45. The van der Waals surface area contributed by atoms with Gasteiger partial charge in [-0.25, -0.2) is 4.39 Å². The maximum Gasteiger partial charge on any atom is 0.141 e. The van der Waals surface area contributed by atoms with Crippen molar-refractivity contribution < 1.29 is 9.13 Å². The van der Waals surface area contributed by atoms with Crippen LogP contribution in [0.15, 0.2) is 18.2 Å². The van der Waals surface area contributed by atoms with Gasteiger partial charge in [0.05, 0.1) is 17.7 Å². The lowest BCUT2D eigenvalue weighted by molar-refractivity contribution is -0.0260. The summed E-state index contributed by atoms with van der Waals surface area (Å²) in [5.41, 5.74) is 6.59. The van der Waals surface area contributed by atoms with E-state index in [1.807, 2.05) is 0 Å². The van der Waals surface area contributed by atoms with Crippen LogP contribution < -0.4 is 5.73 Å². The van der Waals surface area contributed by atoms with Crippen LogP contribution in [0.25, 0.3) is 0 Å². The Hall–Kier alpha value is -0.680. The molecule has 1 saturated heterocycles. The Morgan fingerprint density at radius 2 is 2.35 bits per heavy atom. The molecule has 94 valence electrons. The van der Waals surface area contributed by atoms with Gasteiger partial charge in [0.1, 0.15) is 5.82 Å². The van der Waals surface area contributed by atoms with E-state index in [1.54, 1.807) is 12.1 Å². The van der Waals surface area contributed by atoms with Crippen molar-refractivity contribution in [1.82, 2.24) is 4.90 Å². The Morgan fingerprint density at radius 3 is 3.06 bits per heavy atom. The van der Waals surface area contributed by atoms with E-state index in [0.29, 0.717) is 13.2 Å². The Balaban J connectivity index is 1.97. The third-order valence-corrected chi connectivity index (χ3v) is 3.17. The molecule has 0 aliphatic carbocycles. The standard InChI is InChI=1S/C12H16ClFN2O/c13-11-5-9(1-2-12(11)14)7-16-3-4-17-10(6-15)8-16/h1-2,5,10H,3-4,6-8,15H2. The summed E-state index contributed by atoms with van der Waals surface area (Å²) in [5, 5.41) is 0.172. The van der Waals surface area contributed by atoms with Crippen LogP contribution in [0.3, 0.4) is 0 Å². The van der Waals surface area contributed by atoms with Crippen LogP contribution in [0.1, 0.15) is 5.56 Å². The summed E-state index contributed by atoms with van der Waals surface area (Å²) in [6.07, 6.45) is 0.0969. The second-order valence-electron chi connectivity index (χ2n) is 4.21. The normalized spacial score (nSPS) is 21.7. The average Bonchev–Trinajstić information content (AvgIpc) is 2.34. The summed E-state index contributed by atoms with van der Waals surface area (Å²) < 4.78 is 18.5. The highest BCUT2D eigenvalue weighted by Gasteiger charge is 2.19. The van der Waals surface area contributed by atoms with Crippen molar-refractivity contribution in [3.63, 3.8) is 0 Å². The molecule has 1 aliphatic heterocycles. The molecule has 0 saturated carbocycles. The minimum Gasteiger partial charge on any atom is -0.374 e. The predicted octanol–water partition coefficient (Wildman–Crippen LogP) is 1.64. The molecule has 0 spiro atoms. The number of benzene rings is 1. The molecule has 0 bridgehead atoms. The molecule has 1 atom stereocenters. The van der Waals surface area contributed by atoms with E-state index in [2.05, 4.69) is 4.90 Å². The van der Waals surface area contributed by atoms with Gasteiger partial charge in [-0.05, 0) is 17.7 Å². The number of morpholine rings is 1. The monoisotopic (exact) mass is 258 g/mol. The second-order valence-corrected chi connectivity index (χ2v) is 4.62. The van der Waals surface area contributed by atoms with Gasteiger partial charge in [0, 0.05) is 26.2 Å². The number of nitrogens with two attached hydrogens (primary N) is 1. The molecule has 1 fully saturated rings. The van der Waals surface area contributed by atoms with Gasteiger partial charge in [-0.2, -0.15) is 0 Å². The quantitative estimate of drug-likeness (QED) is 0.896. The first kappa shape index (κ1) is 12.8. The minimum atomic E-state index is -0.378. The molecule has 17 heavy (non-hydrogen) atoms. The maximum absolute atomic E-state index is 13.0. The van der Waals surface area contributed by atoms with E-state index in [0.717, 1.165) is 25.2 Å². The Bertz CT molecular complexity index is 389. The Labute approximate surface area is 105 Å². The van der Waals surface area contributed by atoms with E-state index in [9.17, 15) is 4.39 Å². The van der Waals surface area contributed by atoms with Crippen LogP contribution in [0.4, 0.5) is 4.39 Å². The van der Waals surface area contributed by atoms with Gasteiger partial charge in [-0.3, -0.25) is 4.90 Å². The van der Waals surface area contributed by atoms with Gasteiger partial charge in [-0.1, -0.05) is 17.7 Å². The van der Waals surface area contributed by atoms with Crippen LogP contribution >= 0.6 is 11.6 Å². The van der Waals surface area contributed by atoms with Crippen LogP contribution in [-0.2, 0) is 11.3 Å². The third-order valence-electron chi connectivity index (χ3n) is 2.88. The smallest absolute Gasteiger partial charge is 0.141 e. The first-order valence-corrected chi connectivity index (χ1v) is 6.05. The van der Waals surface area contributed by atoms with Crippen LogP contribution in [0, 0.1) is 5.82 Å². The molecule has 0 aromatic heterocycles. The molecule has 2 rings (SSSR count). The summed E-state index contributed by atoms with van der Waals surface area (Å²) in [6, 6.07) is 4.83. The molecule has 3 nitrogen and oxygen atoms in total. The number of halogens is 2. The zero-order valence-corrected chi connectivity index (χ0v) is 10.3. The van der Waals surface area contributed by atoms with Crippen LogP contribution in [0.2, 0.25) is 5.02 Å². The highest BCUT2D eigenvalue weighted by Crippen LogP contribution is 2.18. The van der Waals surface area contributed by atoms with Crippen LogP contribution in [0.5, 0.6) is 0 Å². The van der Waals surface area contributed by atoms with E-state index in [1.165, 1.54) is 6.07 Å². The highest BCUT2D eigenvalue weighted by atomic mass is 35.5. The van der Waals surface area contributed by atoms with Crippen molar-refractivity contribution >= 4 is 11.6 Å². The number of nitrogens with zero attached hydrogens (tertiary/aromatic N) is 1. The van der Waals surface area contributed by atoms with Crippen molar-refractivity contribution in [2.24, 2.45) is 5.73 Å². The lowest BCUT2D eigenvalue weighted by atomic mass is 10.2. The van der Waals surface area contributed by atoms with E-state index >= 15 is 0 Å². The third kappa shape index (κ3) is 3.39. The van der Waals surface area contributed by atoms with Gasteiger partial charge < -0.3 is 10.5 Å². The molecule has 1 heterocycles. The van der Waals surface area contributed by atoms with Crippen molar-refractivity contribution in [3.05, 3.63) is 34.6 Å². The average molecular weight is 259 g/mol. The number of hydrogen-bond donors (Lipinski definition) is 1. The highest BCUT2D eigenvalue weighted by molar-refractivity contribution is 6.30. The largest absolute Gasteiger partial charge is 0.374 e. The Morgan fingerprint density at radius 1 is 1.53 bits per heavy atom. The lowest BCUT2D eigenvalue weighted by Gasteiger charge is -2.32. The topological polar surface area (TPSA) is 38.5 Å². The zero-order valence-electron chi connectivity index (χ0n) is 9.53. The molecule has 1 aromatic rings. The molecule has 5 heteroatoms. The van der Waals surface area contributed by atoms with Gasteiger partial charge in [0.2, 0.25) is 0 Å². The predicted molar refractivity (Wildman–Crippen MR) is 65.5 cm³/mol. The fraction of sp³-hybridized carbons (Fsp3) is 0.500. The second kappa shape index (κ2) is 5.78. The van der Waals surface area contributed by atoms with E-state index in [-0.39, 0.29) is 16.9 Å². The summed E-state index contributed by atoms with van der Waals surface area (Å²) in [4.78, 5) is 2.24. The maximum atomic E-state index is 13.0. The summed E-state index contributed by atoms with van der Waals surface area (Å²) in [5.74, 6) is -0.378. The number of hydrogen-bond acceptors (Lipinski definition) is 3. The van der Waals surface area contributed by atoms with Gasteiger partial charge in [0.15, 0.2) is 0 Å². The first-order chi connectivity index (χ1) is 8.19. The van der Waals surface area contributed by atoms with Crippen molar-refractivity contribution in [2.45, 2.75) is 12.6 Å². The number of ether oxygens (including phenoxy) is 1. The molecule has 1 aromatic carbocycles. The first-order valence-electron chi connectivity index (χ1n) is 5.67. The van der Waals surface area contributed by atoms with Crippen molar-refractivity contribution in [3.8, 4) is 0 Å². The molecular formula is C12H16ClFN2O. The molecule has 1 aliphatic rings. The van der Waals surface area contributed by atoms with Crippen LogP contribution in [-0.4, -0.2) is 37.2 Å². The van der Waals surface area contributed by atoms with E-state index < -0.39 is 0 Å². The SMILES string of the molecule is NCC1CN(Cc2ccc(F)c(Cl)c2)CCO1. The molecule has 1 unspecified atom stereocenters. The molecule has 0 radical (unpaired) electrons. The summed E-state index contributed by atoms with van der Waals surface area (Å²) in [6.45, 7) is 3.65. The fourth-order valence-electron chi connectivity index (χ4n) is 1.96. The minimum absolute atomic E-state index is 0.0969. The van der Waals surface area contributed by atoms with Gasteiger partial charge in [-0.15, -0.1) is 0 Å². The fourth-order valence-corrected chi connectivity index (χ4v) is 2.17. The summed E-state index contributed by atoms with van der Waals surface area (Å²) in [7, 11) is 0. The zero-order chi connectivity index (χ0) is 12.3. The number of rotatable bonds is 3. The molecule has 0 amide bonds. The van der Waals surface area contributed by atoms with Gasteiger partial charge in [0.25, 0.3) is 0 Å². The molecular weight excluding hydrogens is 243 g/mol. The van der Waals surface area contributed by atoms with Crippen molar-refractivity contribution in [2.75, 3.05) is 26.2 Å². The van der Waals surface area contributed by atoms with Gasteiger partial charge >= 0.3 is 0 Å². The summed E-state index contributed by atoms with van der Waals surface area (Å²) >= 11 is 5.75. The van der Waals surface area contributed by atoms with E-state index in [4.69, 9.17) is 22.1 Å². The molecule has 2 N–H and O–H groups in total. The van der Waals surface area contributed by atoms with Crippen molar-refractivity contribution in [1.29, 1.82) is 0 Å². The Kier molecular flexibility index (Phi) is 4.34.